The first-order valence-corrected chi connectivity index (χ1v) is 5.41. The highest BCUT2D eigenvalue weighted by molar-refractivity contribution is 7.47. The molecule has 0 rings (SSSR count). The lowest BCUT2D eigenvalue weighted by Gasteiger charge is -2.13. The van der Waals surface area contributed by atoms with Crippen LogP contribution >= 0.6 is 7.82 Å². The van der Waals surface area contributed by atoms with E-state index in [1.807, 2.05) is 0 Å². The van der Waals surface area contributed by atoms with Gasteiger partial charge in [-0.3, -0.25) is 9.05 Å². The van der Waals surface area contributed by atoms with Gasteiger partial charge in [0, 0.05) is 13.2 Å². The Morgan fingerprint density at radius 3 is 2.67 bits per heavy atom. The molecule has 7 nitrogen and oxygen atoms in total. The highest BCUT2D eigenvalue weighted by atomic mass is 31.2. The van der Waals surface area contributed by atoms with Crippen LogP contribution in [0.4, 0.5) is 0 Å². The maximum absolute atomic E-state index is 10.8. The van der Waals surface area contributed by atoms with E-state index >= 15 is 0 Å². The van der Waals surface area contributed by atoms with E-state index in [4.69, 9.17) is 10.00 Å². The average molecular weight is 240 g/mol. The Labute approximate surface area is 86.9 Å². The number of carbonyl (C=O) groups is 1. The maximum Gasteiger partial charge on any atom is 0.472 e. The quantitative estimate of drug-likeness (QED) is 0.362. The normalized spacial score (nSPS) is 16.5. The van der Waals surface area contributed by atoms with Gasteiger partial charge in [-0.1, -0.05) is 6.58 Å². The number of phosphoric acid groups is 1. The largest absolute Gasteiger partial charge is 0.472 e. The molecule has 0 fully saturated rings. The van der Waals surface area contributed by atoms with E-state index in [2.05, 4.69) is 20.4 Å². The number of aliphatic hydroxyl groups excluding tert-OH is 1. The van der Waals surface area contributed by atoms with Crippen molar-refractivity contribution in [3.63, 3.8) is 0 Å². The molecule has 0 aromatic carbocycles. The van der Waals surface area contributed by atoms with E-state index < -0.39 is 26.5 Å². The Morgan fingerprint density at radius 1 is 1.60 bits per heavy atom. The average Bonchev–Trinajstić information content (AvgIpc) is 2.23. The highest BCUT2D eigenvalue weighted by Gasteiger charge is 2.20. The summed E-state index contributed by atoms with van der Waals surface area (Å²) in [5, 5.41) is 9.13. The van der Waals surface area contributed by atoms with Gasteiger partial charge in [-0.25, -0.2) is 9.36 Å². The first-order valence-electron chi connectivity index (χ1n) is 3.91. The molecule has 0 spiro atoms. The van der Waals surface area contributed by atoms with Gasteiger partial charge in [-0.2, -0.15) is 0 Å². The lowest BCUT2D eigenvalue weighted by molar-refractivity contribution is -0.141. The van der Waals surface area contributed by atoms with Crippen molar-refractivity contribution in [2.45, 2.75) is 6.10 Å². The zero-order chi connectivity index (χ0) is 11.9. The topological polar surface area (TPSA) is 102 Å². The standard InChI is InChI=1S/C7H13O7P/c1-3-7(9)13-4-6(8)5-14-15(10,11)12-2/h3,6,8H,1,4-5H2,2H3,(H,10,11). The molecule has 0 saturated heterocycles. The maximum atomic E-state index is 10.8. The van der Waals surface area contributed by atoms with E-state index in [1.54, 1.807) is 0 Å². The molecule has 2 N–H and O–H groups in total. The van der Waals surface area contributed by atoms with Crippen molar-refractivity contribution in [1.29, 1.82) is 0 Å². The summed E-state index contributed by atoms with van der Waals surface area (Å²) in [5.74, 6) is -0.701. The Balaban J connectivity index is 3.75. The number of ether oxygens (including phenoxy) is 1. The molecular weight excluding hydrogens is 227 g/mol. The number of rotatable bonds is 7. The Kier molecular flexibility index (Phi) is 6.38. The lowest BCUT2D eigenvalue weighted by Crippen LogP contribution is -2.22. The van der Waals surface area contributed by atoms with Crippen LogP contribution in [0.5, 0.6) is 0 Å². The van der Waals surface area contributed by atoms with Crippen molar-refractivity contribution in [2.75, 3.05) is 20.3 Å². The van der Waals surface area contributed by atoms with Crippen molar-refractivity contribution < 1.29 is 33.1 Å². The molecule has 2 atom stereocenters. The second-order valence-electron chi connectivity index (χ2n) is 2.43. The monoisotopic (exact) mass is 240 g/mol. The molecule has 0 amide bonds. The molecule has 0 aromatic heterocycles. The minimum atomic E-state index is -4.10. The lowest BCUT2D eigenvalue weighted by atomic mass is 10.4. The van der Waals surface area contributed by atoms with E-state index in [-0.39, 0.29) is 6.61 Å². The zero-order valence-corrected chi connectivity index (χ0v) is 9.05. The summed E-state index contributed by atoms with van der Waals surface area (Å²) in [6.45, 7) is 2.31. The molecule has 0 radical (unpaired) electrons. The summed E-state index contributed by atoms with van der Waals surface area (Å²) in [5.41, 5.74) is 0. The third-order valence-electron chi connectivity index (χ3n) is 1.25. The fourth-order valence-electron chi connectivity index (χ4n) is 0.518. The van der Waals surface area contributed by atoms with Crippen LogP contribution in [0.3, 0.4) is 0 Å². The van der Waals surface area contributed by atoms with Gasteiger partial charge in [-0.05, 0) is 0 Å². The summed E-state index contributed by atoms with van der Waals surface area (Å²) in [6, 6.07) is 0. The van der Waals surface area contributed by atoms with Gasteiger partial charge in [0.25, 0.3) is 0 Å². The van der Waals surface area contributed by atoms with Crippen LogP contribution in [0, 0.1) is 0 Å². The predicted molar refractivity (Wildman–Crippen MR) is 49.9 cm³/mol. The summed E-state index contributed by atoms with van der Waals surface area (Å²) < 4.78 is 23.6. The SMILES string of the molecule is C=CC(=O)OCC(O)COP(=O)(O)OC. The molecule has 8 heteroatoms. The van der Waals surface area contributed by atoms with Gasteiger partial charge in [-0.15, -0.1) is 0 Å². The number of phosphoric ester groups is 1. The van der Waals surface area contributed by atoms with Crippen LogP contribution in [0.25, 0.3) is 0 Å². The molecule has 2 unspecified atom stereocenters. The van der Waals surface area contributed by atoms with Crippen LogP contribution in [0.2, 0.25) is 0 Å². The summed E-state index contributed by atoms with van der Waals surface area (Å²) >= 11 is 0. The molecule has 0 aliphatic heterocycles. The van der Waals surface area contributed by atoms with Gasteiger partial charge < -0.3 is 14.7 Å². The van der Waals surface area contributed by atoms with Crippen LogP contribution in [-0.2, 0) is 23.1 Å². The first-order chi connectivity index (χ1) is 6.91. The van der Waals surface area contributed by atoms with Crippen LogP contribution < -0.4 is 0 Å². The number of hydrogen-bond donors (Lipinski definition) is 2. The molecule has 0 aliphatic rings. The minimum absolute atomic E-state index is 0.353. The van der Waals surface area contributed by atoms with Crippen LogP contribution in [-0.4, -0.2) is 42.4 Å². The smallest absolute Gasteiger partial charge is 0.460 e. The Bertz CT molecular complexity index is 264. The number of aliphatic hydroxyl groups is 1. The molecule has 0 saturated carbocycles. The fourth-order valence-corrected chi connectivity index (χ4v) is 0.984. The Morgan fingerprint density at radius 2 is 2.20 bits per heavy atom. The first kappa shape index (κ1) is 14.3. The predicted octanol–water partition coefficient (Wildman–Crippen LogP) is -0.160. The van der Waals surface area contributed by atoms with Crippen molar-refractivity contribution in [1.82, 2.24) is 0 Å². The second-order valence-corrected chi connectivity index (χ2v) is 4.00. The Hall–Kier alpha value is -0.720. The van der Waals surface area contributed by atoms with E-state index in [0.717, 1.165) is 13.2 Å². The number of carbonyl (C=O) groups excluding carboxylic acids is 1. The second kappa shape index (κ2) is 6.71. The van der Waals surface area contributed by atoms with Crippen LogP contribution in [0.1, 0.15) is 0 Å². The van der Waals surface area contributed by atoms with Gasteiger partial charge in [0.2, 0.25) is 0 Å². The molecule has 15 heavy (non-hydrogen) atoms. The van der Waals surface area contributed by atoms with Gasteiger partial charge >= 0.3 is 13.8 Å². The van der Waals surface area contributed by atoms with Crippen LogP contribution in [0.15, 0.2) is 12.7 Å². The fraction of sp³-hybridized carbons (Fsp3) is 0.571. The van der Waals surface area contributed by atoms with Crippen molar-refractivity contribution in [2.24, 2.45) is 0 Å². The third-order valence-corrected chi connectivity index (χ3v) is 2.18. The molecule has 0 aliphatic carbocycles. The van der Waals surface area contributed by atoms with E-state index in [1.165, 1.54) is 0 Å². The van der Waals surface area contributed by atoms with Crippen molar-refractivity contribution >= 4 is 13.8 Å². The van der Waals surface area contributed by atoms with Crippen molar-refractivity contribution in [3.05, 3.63) is 12.7 Å². The summed E-state index contributed by atoms with van der Waals surface area (Å²) in [4.78, 5) is 19.3. The van der Waals surface area contributed by atoms with Crippen molar-refractivity contribution in [3.8, 4) is 0 Å². The number of hydrogen-bond acceptors (Lipinski definition) is 6. The molecule has 0 aromatic rings. The summed E-state index contributed by atoms with van der Waals surface area (Å²) in [6.07, 6.45) is -0.274. The van der Waals surface area contributed by atoms with E-state index in [9.17, 15) is 9.36 Å². The molecule has 0 heterocycles. The van der Waals surface area contributed by atoms with Gasteiger partial charge in [0.05, 0.1) is 6.61 Å². The summed E-state index contributed by atoms with van der Waals surface area (Å²) in [7, 11) is -3.11. The highest BCUT2D eigenvalue weighted by Crippen LogP contribution is 2.41. The third kappa shape index (κ3) is 7.24. The molecular formula is C7H13O7P. The van der Waals surface area contributed by atoms with Gasteiger partial charge in [0.15, 0.2) is 0 Å². The van der Waals surface area contributed by atoms with Gasteiger partial charge in [0.1, 0.15) is 12.7 Å². The minimum Gasteiger partial charge on any atom is -0.460 e. The molecule has 0 bridgehead atoms. The molecule has 88 valence electrons. The van der Waals surface area contributed by atoms with E-state index in [0.29, 0.717) is 0 Å². The zero-order valence-electron chi connectivity index (χ0n) is 8.16. The number of esters is 1.